The Balaban J connectivity index is 2.35. The van der Waals surface area contributed by atoms with Crippen molar-refractivity contribution < 1.29 is 8.42 Å². The van der Waals surface area contributed by atoms with Crippen molar-refractivity contribution in [1.82, 2.24) is 4.31 Å². The Kier molecular flexibility index (Phi) is 5.33. The molecule has 2 rings (SSSR count). The van der Waals surface area contributed by atoms with Gasteiger partial charge in [-0.3, -0.25) is 0 Å². The lowest BCUT2D eigenvalue weighted by molar-refractivity contribution is 0.220. The topological polar surface area (TPSA) is 37.4 Å². The Bertz CT molecular complexity index is 600. The van der Waals surface area contributed by atoms with E-state index >= 15 is 0 Å². The van der Waals surface area contributed by atoms with E-state index in [4.69, 9.17) is 11.6 Å². The van der Waals surface area contributed by atoms with E-state index < -0.39 is 10.0 Å². The molecule has 0 saturated carbocycles. The lowest BCUT2D eigenvalue weighted by Crippen LogP contribution is -2.44. The first-order valence-electron chi connectivity index (χ1n) is 7.59. The highest BCUT2D eigenvalue weighted by Crippen LogP contribution is 2.29. The Hall–Kier alpha value is -0.580. The Labute approximate surface area is 133 Å². The average molecular weight is 330 g/mol. The van der Waals surface area contributed by atoms with Crippen molar-refractivity contribution in [3.63, 3.8) is 0 Å². The van der Waals surface area contributed by atoms with Crippen molar-refractivity contribution in [2.75, 3.05) is 6.54 Å². The van der Waals surface area contributed by atoms with Crippen LogP contribution in [0.2, 0.25) is 0 Å². The van der Waals surface area contributed by atoms with Crippen LogP contribution in [0.1, 0.15) is 44.7 Å². The molecule has 21 heavy (non-hydrogen) atoms. The summed E-state index contributed by atoms with van der Waals surface area (Å²) in [7, 11) is -3.42. The van der Waals surface area contributed by atoms with Crippen LogP contribution in [-0.4, -0.2) is 25.3 Å². The summed E-state index contributed by atoms with van der Waals surface area (Å²) in [6.45, 7) is 6.84. The third-order valence-electron chi connectivity index (χ3n) is 4.39. The molecule has 3 nitrogen and oxygen atoms in total. The van der Waals surface area contributed by atoms with Gasteiger partial charge in [0.05, 0.1) is 4.90 Å². The van der Waals surface area contributed by atoms with E-state index in [0.717, 1.165) is 30.4 Å². The molecule has 0 aromatic heterocycles. The Morgan fingerprint density at radius 3 is 2.57 bits per heavy atom. The summed E-state index contributed by atoms with van der Waals surface area (Å²) in [4.78, 5) is 0.372. The number of piperidine rings is 1. The van der Waals surface area contributed by atoms with E-state index in [-0.39, 0.29) is 6.04 Å². The highest BCUT2D eigenvalue weighted by atomic mass is 35.5. The zero-order valence-electron chi connectivity index (χ0n) is 13.0. The number of hydrogen-bond donors (Lipinski definition) is 0. The van der Waals surface area contributed by atoms with Gasteiger partial charge in [-0.05, 0) is 55.4 Å². The van der Waals surface area contributed by atoms with Crippen LogP contribution in [0.3, 0.4) is 0 Å². The van der Waals surface area contributed by atoms with Crippen LogP contribution >= 0.6 is 11.6 Å². The molecular weight excluding hydrogens is 306 g/mol. The summed E-state index contributed by atoms with van der Waals surface area (Å²) in [6.07, 6.45) is 2.72. The molecule has 5 heteroatoms. The predicted molar refractivity (Wildman–Crippen MR) is 87.1 cm³/mol. The van der Waals surface area contributed by atoms with Gasteiger partial charge in [0.1, 0.15) is 0 Å². The van der Waals surface area contributed by atoms with Gasteiger partial charge in [0, 0.05) is 18.5 Å². The zero-order chi connectivity index (χ0) is 15.6. The highest BCUT2D eigenvalue weighted by molar-refractivity contribution is 7.89. The van der Waals surface area contributed by atoms with Crippen molar-refractivity contribution in [3.05, 3.63) is 29.3 Å². The standard InChI is InChI=1S/C16H24ClNO2S/c1-4-14-5-6-16(10-15(14)11-17)21(19,20)18-8-7-12(2)9-13(18)3/h5-6,10,12-13H,4,7-9,11H2,1-3H3. The first-order valence-corrected chi connectivity index (χ1v) is 9.57. The third-order valence-corrected chi connectivity index (χ3v) is 6.68. The number of aryl methyl sites for hydroxylation is 1. The number of alkyl halides is 1. The second-order valence-corrected chi connectivity index (χ2v) is 8.17. The maximum Gasteiger partial charge on any atom is 0.243 e. The quantitative estimate of drug-likeness (QED) is 0.788. The van der Waals surface area contributed by atoms with Crippen LogP contribution in [-0.2, 0) is 22.3 Å². The van der Waals surface area contributed by atoms with Gasteiger partial charge in [-0.1, -0.05) is 19.9 Å². The summed E-state index contributed by atoms with van der Waals surface area (Å²) in [6, 6.07) is 5.41. The Morgan fingerprint density at radius 1 is 1.29 bits per heavy atom. The summed E-state index contributed by atoms with van der Waals surface area (Å²) >= 11 is 5.96. The van der Waals surface area contributed by atoms with E-state index in [9.17, 15) is 8.42 Å². The fourth-order valence-corrected chi connectivity index (χ4v) is 5.07. The predicted octanol–water partition coefficient (Wildman–Crippen LogP) is 3.80. The molecule has 0 spiro atoms. The second kappa shape index (κ2) is 6.67. The van der Waals surface area contributed by atoms with Crippen LogP contribution in [0.15, 0.2) is 23.1 Å². The molecule has 1 aliphatic heterocycles. The van der Waals surface area contributed by atoms with E-state index in [2.05, 4.69) is 6.92 Å². The lowest BCUT2D eigenvalue weighted by atomic mass is 9.95. The van der Waals surface area contributed by atoms with Crippen molar-refractivity contribution in [2.45, 2.75) is 56.9 Å². The van der Waals surface area contributed by atoms with Gasteiger partial charge >= 0.3 is 0 Å². The van der Waals surface area contributed by atoms with E-state index in [1.54, 1.807) is 16.4 Å². The van der Waals surface area contributed by atoms with Gasteiger partial charge in [0.15, 0.2) is 0 Å². The van der Waals surface area contributed by atoms with Crippen molar-refractivity contribution >= 4 is 21.6 Å². The number of benzene rings is 1. The largest absolute Gasteiger partial charge is 0.243 e. The first kappa shape index (κ1) is 16.8. The molecule has 0 aliphatic carbocycles. The minimum atomic E-state index is -3.42. The molecule has 2 unspecified atom stereocenters. The molecule has 0 bridgehead atoms. The number of rotatable bonds is 4. The van der Waals surface area contributed by atoms with Crippen molar-refractivity contribution in [2.24, 2.45) is 5.92 Å². The van der Waals surface area contributed by atoms with Gasteiger partial charge in [0.2, 0.25) is 10.0 Å². The molecule has 1 aromatic carbocycles. The van der Waals surface area contributed by atoms with Gasteiger partial charge in [-0.15, -0.1) is 11.6 Å². The van der Waals surface area contributed by atoms with Gasteiger partial charge in [0.25, 0.3) is 0 Å². The van der Waals surface area contributed by atoms with Gasteiger partial charge in [-0.25, -0.2) is 8.42 Å². The fourth-order valence-electron chi connectivity index (χ4n) is 3.11. The third kappa shape index (κ3) is 3.43. The highest BCUT2D eigenvalue weighted by Gasteiger charge is 2.33. The molecular formula is C16H24ClNO2S. The van der Waals surface area contributed by atoms with Crippen LogP contribution in [0.4, 0.5) is 0 Å². The molecule has 1 aliphatic rings. The van der Waals surface area contributed by atoms with E-state index in [1.807, 2.05) is 19.9 Å². The smallest absolute Gasteiger partial charge is 0.207 e. The lowest BCUT2D eigenvalue weighted by Gasteiger charge is -2.35. The van der Waals surface area contributed by atoms with Gasteiger partial charge in [-0.2, -0.15) is 4.31 Å². The number of nitrogens with zero attached hydrogens (tertiary/aromatic N) is 1. The SMILES string of the molecule is CCc1ccc(S(=O)(=O)N2CCC(C)CC2C)cc1CCl. The minimum Gasteiger partial charge on any atom is -0.207 e. The van der Waals surface area contributed by atoms with Crippen LogP contribution < -0.4 is 0 Å². The summed E-state index contributed by atoms with van der Waals surface area (Å²) in [5.41, 5.74) is 2.03. The second-order valence-electron chi connectivity index (χ2n) is 6.01. The normalized spacial score (nSPS) is 24.2. The molecule has 0 radical (unpaired) electrons. The summed E-state index contributed by atoms with van der Waals surface area (Å²) in [5.74, 6) is 0.936. The zero-order valence-corrected chi connectivity index (χ0v) is 14.5. The van der Waals surface area contributed by atoms with E-state index in [0.29, 0.717) is 23.2 Å². The van der Waals surface area contributed by atoms with E-state index in [1.165, 1.54) is 0 Å². The average Bonchev–Trinajstić information content (AvgIpc) is 2.46. The first-order chi connectivity index (χ1) is 9.90. The molecule has 118 valence electrons. The van der Waals surface area contributed by atoms with Crippen LogP contribution in [0.25, 0.3) is 0 Å². The number of sulfonamides is 1. The molecule has 1 heterocycles. The number of hydrogen-bond acceptors (Lipinski definition) is 2. The van der Waals surface area contributed by atoms with Crippen molar-refractivity contribution in [1.29, 1.82) is 0 Å². The molecule has 1 fully saturated rings. The van der Waals surface area contributed by atoms with Crippen molar-refractivity contribution in [3.8, 4) is 0 Å². The Morgan fingerprint density at radius 2 is 2.00 bits per heavy atom. The molecule has 0 N–H and O–H groups in total. The number of halogens is 1. The fraction of sp³-hybridized carbons (Fsp3) is 0.625. The van der Waals surface area contributed by atoms with Crippen LogP contribution in [0, 0.1) is 5.92 Å². The molecule has 0 amide bonds. The monoisotopic (exact) mass is 329 g/mol. The summed E-state index contributed by atoms with van der Waals surface area (Å²) < 4.78 is 27.4. The summed E-state index contributed by atoms with van der Waals surface area (Å²) in [5, 5.41) is 0. The minimum absolute atomic E-state index is 0.0593. The maximum absolute atomic E-state index is 12.9. The van der Waals surface area contributed by atoms with Gasteiger partial charge < -0.3 is 0 Å². The maximum atomic E-state index is 12.9. The molecule has 1 aromatic rings. The molecule has 2 atom stereocenters. The van der Waals surface area contributed by atoms with Crippen LogP contribution in [0.5, 0.6) is 0 Å². The molecule has 1 saturated heterocycles.